The van der Waals surface area contributed by atoms with Crippen LogP contribution in [0.15, 0.2) is 47.3 Å². The average Bonchev–Trinajstić information content (AvgIpc) is 2.81. The third kappa shape index (κ3) is 4.32. The van der Waals surface area contributed by atoms with E-state index < -0.39 is 0 Å². The van der Waals surface area contributed by atoms with Gasteiger partial charge < -0.3 is 20.1 Å². The molecule has 2 bridgehead atoms. The monoisotopic (exact) mass is 420 g/mol. The summed E-state index contributed by atoms with van der Waals surface area (Å²) in [6, 6.07) is 14.5. The number of piperidine rings is 2. The van der Waals surface area contributed by atoms with Gasteiger partial charge in [0.2, 0.25) is 0 Å². The Hall–Kier alpha value is -2.44. The maximum Gasteiger partial charge on any atom is 0.263 e. The zero-order valence-electron chi connectivity index (χ0n) is 18.1. The summed E-state index contributed by atoms with van der Waals surface area (Å²) in [5, 5.41) is 6.44. The van der Waals surface area contributed by atoms with Crippen molar-refractivity contribution in [2.24, 2.45) is 5.92 Å². The van der Waals surface area contributed by atoms with E-state index in [9.17, 15) is 9.59 Å². The Morgan fingerprint density at radius 3 is 2.65 bits per heavy atom. The SMILES string of the molecule is O=C(NCCN1CCC(c2ccccc2)CC1)c1ccc2n(c1=O)C[C@@H]1CNC[C@H]2C1. The first-order valence-electron chi connectivity index (χ1n) is 11.7. The highest BCUT2D eigenvalue weighted by atomic mass is 16.2. The predicted octanol–water partition coefficient (Wildman–Crippen LogP) is 2.16. The highest BCUT2D eigenvalue weighted by Crippen LogP contribution is 2.31. The topological polar surface area (TPSA) is 66.4 Å². The van der Waals surface area contributed by atoms with Gasteiger partial charge in [-0.05, 0) is 68.4 Å². The smallest absolute Gasteiger partial charge is 0.263 e. The minimum Gasteiger partial charge on any atom is -0.351 e. The number of rotatable bonds is 5. The van der Waals surface area contributed by atoms with E-state index >= 15 is 0 Å². The van der Waals surface area contributed by atoms with E-state index in [2.05, 4.69) is 45.9 Å². The van der Waals surface area contributed by atoms with Crippen LogP contribution in [-0.4, -0.2) is 54.6 Å². The number of nitrogens with one attached hydrogen (secondary N) is 2. The molecule has 1 amide bonds. The Bertz CT molecular complexity index is 979. The van der Waals surface area contributed by atoms with Gasteiger partial charge in [-0.2, -0.15) is 0 Å². The molecule has 2 atom stereocenters. The number of carbonyl (C=O) groups excluding carboxylic acids is 1. The van der Waals surface area contributed by atoms with Gasteiger partial charge in [0.25, 0.3) is 11.5 Å². The minimum atomic E-state index is -0.242. The van der Waals surface area contributed by atoms with E-state index in [-0.39, 0.29) is 17.0 Å². The number of hydrogen-bond donors (Lipinski definition) is 2. The summed E-state index contributed by atoms with van der Waals surface area (Å²) in [6.45, 7) is 6.10. The third-order valence-corrected chi connectivity index (χ3v) is 7.33. The average molecular weight is 421 g/mol. The van der Waals surface area contributed by atoms with E-state index in [0.717, 1.165) is 64.2 Å². The van der Waals surface area contributed by atoms with Crippen molar-refractivity contribution >= 4 is 5.91 Å². The lowest BCUT2D eigenvalue weighted by atomic mass is 9.84. The number of likely N-dealkylation sites (tertiary alicyclic amines) is 1. The second kappa shape index (κ2) is 8.97. The van der Waals surface area contributed by atoms with Crippen LogP contribution in [0.1, 0.15) is 52.7 Å². The van der Waals surface area contributed by atoms with Crippen LogP contribution in [0, 0.1) is 5.92 Å². The maximum absolute atomic E-state index is 13.0. The number of aromatic nitrogens is 1. The van der Waals surface area contributed by atoms with Gasteiger partial charge in [-0.1, -0.05) is 30.3 Å². The largest absolute Gasteiger partial charge is 0.351 e. The zero-order chi connectivity index (χ0) is 21.2. The van der Waals surface area contributed by atoms with Crippen molar-refractivity contribution in [3.05, 3.63) is 69.6 Å². The van der Waals surface area contributed by atoms with Gasteiger partial charge in [0.1, 0.15) is 5.56 Å². The van der Waals surface area contributed by atoms with Gasteiger partial charge in [-0.25, -0.2) is 0 Å². The highest BCUT2D eigenvalue weighted by Gasteiger charge is 2.31. The molecule has 2 fully saturated rings. The van der Waals surface area contributed by atoms with E-state index in [1.165, 1.54) is 5.56 Å². The standard InChI is InChI=1S/C25H32N4O2/c30-24(22-6-7-23-21-14-18(15-26-16-21)17-29(23)25(22)31)27-10-13-28-11-8-20(9-12-28)19-4-2-1-3-5-19/h1-7,18,20-21,26H,8-17H2,(H,27,30)/t18-,21+/m0/s1. The number of nitrogens with zero attached hydrogens (tertiary/aromatic N) is 2. The molecule has 1 aromatic heterocycles. The van der Waals surface area contributed by atoms with Gasteiger partial charge in [0.15, 0.2) is 0 Å². The fraction of sp³-hybridized carbons (Fsp3) is 0.520. The molecule has 6 nitrogen and oxygen atoms in total. The van der Waals surface area contributed by atoms with Crippen LogP contribution in [-0.2, 0) is 6.54 Å². The van der Waals surface area contributed by atoms with Gasteiger partial charge in [-0.15, -0.1) is 0 Å². The van der Waals surface area contributed by atoms with Crippen molar-refractivity contribution < 1.29 is 4.79 Å². The van der Waals surface area contributed by atoms with Crippen LogP contribution in [0.4, 0.5) is 0 Å². The first-order chi connectivity index (χ1) is 15.2. The molecule has 2 saturated heterocycles. The van der Waals surface area contributed by atoms with Gasteiger partial charge in [-0.3, -0.25) is 9.59 Å². The molecule has 4 heterocycles. The first-order valence-corrected chi connectivity index (χ1v) is 11.7. The lowest BCUT2D eigenvalue weighted by Crippen LogP contribution is -2.46. The molecule has 0 unspecified atom stereocenters. The van der Waals surface area contributed by atoms with Crippen molar-refractivity contribution in [3.8, 4) is 0 Å². The number of carbonyl (C=O) groups is 1. The molecule has 0 saturated carbocycles. The Morgan fingerprint density at radius 2 is 1.84 bits per heavy atom. The van der Waals surface area contributed by atoms with Crippen molar-refractivity contribution in [3.63, 3.8) is 0 Å². The quantitative estimate of drug-likeness (QED) is 0.778. The molecule has 31 heavy (non-hydrogen) atoms. The summed E-state index contributed by atoms with van der Waals surface area (Å²) in [5.74, 6) is 1.27. The third-order valence-electron chi connectivity index (χ3n) is 7.33. The van der Waals surface area contributed by atoms with Gasteiger partial charge >= 0.3 is 0 Å². The summed E-state index contributed by atoms with van der Waals surface area (Å²) in [4.78, 5) is 28.1. The summed E-state index contributed by atoms with van der Waals surface area (Å²) in [5.41, 5.74) is 2.66. The highest BCUT2D eigenvalue weighted by molar-refractivity contribution is 5.93. The van der Waals surface area contributed by atoms with Crippen molar-refractivity contribution in [1.29, 1.82) is 0 Å². The fourth-order valence-electron chi connectivity index (χ4n) is 5.60. The van der Waals surface area contributed by atoms with Crippen LogP contribution in [0.25, 0.3) is 0 Å². The zero-order valence-corrected chi connectivity index (χ0v) is 18.1. The second-order valence-corrected chi connectivity index (χ2v) is 9.33. The van der Waals surface area contributed by atoms with E-state index in [4.69, 9.17) is 0 Å². The molecular weight excluding hydrogens is 388 g/mol. The predicted molar refractivity (Wildman–Crippen MR) is 122 cm³/mol. The van der Waals surface area contributed by atoms with Gasteiger partial charge in [0.05, 0.1) is 0 Å². The van der Waals surface area contributed by atoms with Crippen LogP contribution in [0.2, 0.25) is 0 Å². The molecule has 164 valence electrons. The maximum atomic E-state index is 13.0. The number of pyridine rings is 1. The van der Waals surface area contributed by atoms with Crippen molar-refractivity contribution in [2.45, 2.75) is 37.6 Å². The Morgan fingerprint density at radius 1 is 1.03 bits per heavy atom. The first kappa shape index (κ1) is 20.5. The molecule has 0 aliphatic carbocycles. The second-order valence-electron chi connectivity index (χ2n) is 9.33. The number of fused-ring (bicyclic) bond motifs is 4. The molecule has 2 N–H and O–H groups in total. The van der Waals surface area contributed by atoms with E-state index in [0.29, 0.717) is 24.3 Å². The molecular formula is C25H32N4O2. The molecule has 0 radical (unpaired) electrons. The lowest BCUT2D eigenvalue weighted by molar-refractivity contribution is 0.0943. The molecule has 6 heteroatoms. The summed E-state index contributed by atoms with van der Waals surface area (Å²) in [6.07, 6.45) is 3.45. The van der Waals surface area contributed by atoms with Gasteiger partial charge in [0, 0.05) is 37.8 Å². The van der Waals surface area contributed by atoms with Crippen molar-refractivity contribution in [2.75, 3.05) is 39.3 Å². The Labute approximate surface area is 183 Å². The Kier molecular flexibility index (Phi) is 5.92. The summed E-state index contributed by atoms with van der Waals surface area (Å²) < 4.78 is 1.85. The normalized spacial score (nSPS) is 23.9. The van der Waals surface area contributed by atoms with Crippen LogP contribution in [0.3, 0.4) is 0 Å². The van der Waals surface area contributed by atoms with E-state index in [1.54, 1.807) is 6.07 Å². The number of benzene rings is 1. The summed E-state index contributed by atoms with van der Waals surface area (Å²) >= 11 is 0. The number of hydrogen-bond acceptors (Lipinski definition) is 4. The molecule has 0 spiro atoms. The molecule has 5 rings (SSSR count). The minimum absolute atomic E-state index is 0.129. The van der Waals surface area contributed by atoms with Crippen LogP contribution >= 0.6 is 0 Å². The van der Waals surface area contributed by atoms with Crippen molar-refractivity contribution in [1.82, 2.24) is 20.1 Å². The molecule has 1 aromatic carbocycles. The molecule has 3 aliphatic heterocycles. The number of amides is 1. The molecule has 3 aliphatic rings. The summed E-state index contributed by atoms with van der Waals surface area (Å²) in [7, 11) is 0. The lowest BCUT2D eigenvalue weighted by Gasteiger charge is -2.37. The van der Waals surface area contributed by atoms with E-state index in [1.807, 2.05) is 10.6 Å². The van der Waals surface area contributed by atoms with Crippen LogP contribution < -0.4 is 16.2 Å². The Balaban J connectivity index is 1.14. The fourth-order valence-corrected chi connectivity index (χ4v) is 5.60. The molecule has 2 aromatic rings. The van der Waals surface area contributed by atoms with Crippen LogP contribution in [0.5, 0.6) is 0 Å².